The van der Waals surface area contributed by atoms with Gasteiger partial charge in [-0.05, 0) is 30.3 Å². The molecule has 4 aromatic rings. The molecular weight excluding hydrogens is 432 g/mol. The highest BCUT2D eigenvalue weighted by atomic mass is 35.5. The Morgan fingerprint density at radius 1 is 0.938 bits per heavy atom. The molecule has 32 heavy (non-hydrogen) atoms. The van der Waals surface area contributed by atoms with Gasteiger partial charge in [0.05, 0.1) is 12.6 Å². The molecule has 1 heterocycles. The molecule has 4 rings (SSSR count). The van der Waals surface area contributed by atoms with Crippen molar-refractivity contribution in [1.29, 1.82) is 0 Å². The third kappa shape index (κ3) is 5.37. The third-order valence-electron chi connectivity index (χ3n) is 4.99. The number of methoxy groups -OCH3 is 1. The number of nitrogens with one attached hydrogen (secondary N) is 2. The number of phenols is 1. The highest BCUT2D eigenvalue weighted by molar-refractivity contribution is 6.10. The summed E-state index contributed by atoms with van der Waals surface area (Å²) in [5.41, 5.74) is 2.06. The van der Waals surface area contributed by atoms with Crippen molar-refractivity contribution in [3.05, 3.63) is 60.7 Å². The van der Waals surface area contributed by atoms with E-state index in [1.807, 2.05) is 36.4 Å². The predicted molar refractivity (Wildman–Crippen MR) is 128 cm³/mol. The van der Waals surface area contributed by atoms with Gasteiger partial charge in [0, 0.05) is 35.4 Å². The molecular formula is C24H27ClN2O5. The molecule has 0 radical (unpaired) electrons. The zero-order valence-corrected chi connectivity index (χ0v) is 18.5. The Hall–Kier alpha value is -3.13. The quantitative estimate of drug-likeness (QED) is 0.269. The molecule has 7 nitrogen and oxygen atoms in total. The van der Waals surface area contributed by atoms with Gasteiger partial charge in [-0.25, -0.2) is 0 Å². The molecule has 1 aromatic heterocycles. The van der Waals surface area contributed by atoms with Gasteiger partial charge >= 0.3 is 0 Å². The van der Waals surface area contributed by atoms with E-state index in [-0.39, 0.29) is 24.8 Å². The maximum atomic E-state index is 10.3. The number of ether oxygens (including phenoxy) is 3. The van der Waals surface area contributed by atoms with Crippen molar-refractivity contribution in [2.24, 2.45) is 0 Å². The lowest BCUT2D eigenvalue weighted by atomic mass is 10.1. The normalized spacial score (nSPS) is 11.8. The maximum absolute atomic E-state index is 10.3. The Morgan fingerprint density at radius 3 is 2.59 bits per heavy atom. The number of aromatic nitrogens is 1. The van der Waals surface area contributed by atoms with Gasteiger partial charge in [0.2, 0.25) is 0 Å². The summed E-state index contributed by atoms with van der Waals surface area (Å²) in [5.74, 6) is 1.89. The molecule has 4 N–H and O–H groups in total. The Labute approximate surface area is 192 Å². The van der Waals surface area contributed by atoms with Crippen molar-refractivity contribution in [2.75, 3.05) is 33.4 Å². The lowest BCUT2D eigenvalue weighted by molar-refractivity contribution is 0.106. The van der Waals surface area contributed by atoms with Gasteiger partial charge in [0.25, 0.3) is 0 Å². The minimum Gasteiger partial charge on any atom is -0.508 e. The van der Waals surface area contributed by atoms with Crippen molar-refractivity contribution >= 4 is 34.2 Å². The van der Waals surface area contributed by atoms with Crippen molar-refractivity contribution in [1.82, 2.24) is 10.3 Å². The average molecular weight is 459 g/mol. The number of halogens is 1. The Morgan fingerprint density at radius 2 is 1.75 bits per heavy atom. The molecule has 8 heteroatoms. The van der Waals surface area contributed by atoms with Crippen LogP contribution < -0.4 is 19.5 Å². The largest absolute Gasteiger partial charge is 0.508 e. The number of hydrogen-bond acceptors (Lipinski definition) is 6. The summed E-state index contributed by atoms with van der Waals surface area (Å²) in [6, 6.07) is 18.7. The molecule has 0 bridgehead atoms. The number of hydrogen-bond donors (Lipinski definition) is 4. The van der Waals surface area contributed by atoms with Crippen LogP contribution in [0.25, 0.3) is 21.8 Å². The van der Waals surface area contributed by atoms with Crippen LogP contribution >= 0.6 is 12.4 Å². The number of rotatable bonds is 10. The first-order valence-electron chi connectivity index (χ1n) is 10.2. The van der Waals surface area contributed by atoms with Crippen molar-refractivity contribution in [2.45, 2.75) is 6.10 Å². The van der Waals surface area contributed by atoms with Gasteiger partial charge < -0.3 is 34.7 Å². The Balaban J connectivity index is 0.00000289. The highest BCUT2D eigenvalue weighted by Crippen LogP contribution is 2.33. The van der Waals surface area contributed by atoms with E-state index in [1.54, 1.807) is 12.1 Å². The maximum Gasteiger partial charge on any atom is 0.164 e. The number of aromatic amines is 1. The summed E-state index contributed by atoms with van der Waals surface area (Å²) in [6.45, 7) is 1.49. The van der Waals surface area contributed by atoms with E-state index in [0.29, 0.717) is 31.2 Å². The van der Waals surface area contributed by atoms with E-state index in [0.717, 1.165) is 27.6 Å². The molecule has 1 atom stereocenters. The zero-order valence-electron chi connectivity index (χ0n) is 17.7. The first-order valence-corrected chi connectivity index (χ1v) is 10.2. The number of para-hydroxylation sites is 1. The molecule has 0 aliphatic heterocycles. The molecule has 0 aliphatic rings. The molecule has 1 unspecified atom stereocenters. The first-order chi connectivity index (χ1) is 15.2. The van der Waals surface area contributed by atoms with Crippen LogP contribution in [0.1, 0.15) is 0 Å². The lowest BCUT2D eigenvalue weighted by Gasteiger charge is -2.15. The van der Waals surface area contributed by atoms with E-state index in [2.05, 4.69) is 16.4 Å². The van der Waals surface area contributed by atoms with E-state index in [1.165, 1.54) is 13.2 Å². The van der Waals surface area contributed by atoms with Crippen LogP contribution in [0.4, 0.5) is 0 Å². The Kier molecular flexibility index (Phi) is 8.05. The molecule has 0 amide bonds. The van der Waals surface area contributed by atoms with Gasteiger partial charge in [-0.15, -0.1) is 12.4 Å². The van der Waals surface area contributed by atoms with Gasteiger partial charge in [-0.3, -0.25) is 0 Å². The van der Waals surface area contributed by atoms with Crippen LogP contribution in [0.3, 0.4) is 0 Å². The summed E-state index contributed by atoms with van der Waals surface area (Å²) in [5, 5.41) is 25.0. The van der Waals surface area contributed by atoms with Crippen LogP contribution in [0.15, 0.2) is 60.7 Å². The van der Waals surface area contributed by atoms with Crippen LogP contribution in [0, 0.1) is 0 Å². The number of phenolic OH excluding ortho intramolecular Hbond substituents is 1. The SMILES string of the molecule is COc1cc(O)ccc1OCCNCC(O)COc1cccc2[nH]c3ccccc3c12.Cl. The van der Waals surface area contributed by atoms with Crippen LogP contribution in [-0.2, 0) is 0 Å². The molecule has 0 aliphatic carbocycles. The van der Waals surface area contributed by atoms with Crippen molar-refractivity contribution < 1.29 is 24.4 Å². The van der Waals surface area contributed by atoms with Gasteiger partial charge in [-0.1, -0.05) is 24.3 Å². The molecule has 3 aromatic carbocycles. The van der Waals surface area contributed by atoms with E-state index in [9.17, 15) is 10.2 Å². The number of benzene rings is 3. The summed E-state index contributed by atoms with van der Waals surface area (Å²) < 4.78 is 16.8. The first kappa shape index (κ1) is 23.5. The standard InChI is InChI=1S/C24H26N2O5.ClH/c1-29-23-13-16(27)9-10-21(23)30-12-11-25-14-17(28)15-31-22-8-4-7-20-24(22)18-5-2-3-6-19(18)26-20;/h2-10,13,17,25-28H,11-12,14-15H2,1H3;1H. The molecule has 0 saturated carbocycles. The minimum atomic E-state index is -0.663. The molecule has 170 valence electrons. The fourth-order valence-electron chi connectivity index (χ4n) is 3.51. The third-order valence-corrected chi connectivity index (χ3v) is 4.99. The monoisotopic (exact) mass is 458 g/mol. The lowest BCUT2D eigenvalue weighted by Crippen LogP contribution is -2.33. The number of H-pyrrole nitrogens is 1. The zero-order chi connectivity index (χ0) is 21.6. The smallest absolute Gasteiger partial charge is 0.164 e. The van der Waals surface area contributed by atoms with E-state index >= 15 is 0 Å². The number of aliphatic hydroxyl groups excluding tert-OH is 1. The second-order valence-corrected chi connectivity index (χ2v) is 7.20. The Bertz CT molecular complexity index is 1160. The highest BCUT2D eigenvalue weighted by Gasteiger charge is 2.11. The fourth-order valence-corrected chi connectivity index (χ4v) is 3.51. The van der Waals surface area contributed by atoms with Gasteiger partial charge in [0.15, 0.2) is 11.5 Å². The van der Waals surface area contributed by atoms with Crippen LogP contribution in [-0.4, -0.2) is 54.7 Å². The van der Waals surface area contributed by atoms with Crippen molar-refractivity contribution in [3.8, 4) is 23.0 Å². The number of fused-ring (bicyclic) bond motifs is 3. The number of aliphatic hydroxyl groups is 1. The van der Waals surface area contributed by atoms with Crippen LogP contribution in [0.2, 0.25) is 0 Å². The van der Waals surface area contributed by atoms with Gasteiger partial charge in [-0.2, -0.15) is 0 Å². The summed E-state index contributed by atoms with van der Waals surface area (Å²) in [7, 11) is 1.52. The topological polar surface area (TPSA) is 96.0 Å². The fraction of sp³-hybridized carbons (Fsp3) is 0.250. The summed E-state index contributed by atoms with van der Waals surface area (Å²) in [6.07, 6.45) is -0.663. The summed E-state index contributed by atoms with van der Waals surface area (Å²) in [4.78, 5) is 3.39. The second-order valence-electron chi connectivity index (χ2n) is 7.20. The molecule has 0 fully saturated rings. The summed E-state index contributed by atoms with van der Waals surface area (Å²) >= 11 is 0. The van der Waals surface area contributed by atoms with Crippen molar-refractivity contribution in [3.63, 3.8) is 0 Å². The molecule has 0 saturated heterocycles. The van der Waals surface area contributed by atoms with E-state index < -0.39 is 6.10 Å². The van der Waals surface area contributed by atoms with Gasteiger partial charge in [0.1, 0.15) is 30.8 Å². The van der Waals surface area contributed by atoms with Crippen LogP contribution in [0.5, 0.6) is 23.0 Å². The second kappa shape index (κ2) is 10.9. The predicted octanol–water partition coefficient (Wildman–Crippen LogP) is 3.87. The van der Waals surface area contributed by atoms with E-state index in [4.69, 9.17) is 14.2 Å². The minimum absolute atomic E-state index is 0. The average Bonchev–Trinajstić information content (AvgIpc) is 3.17. The molecule has 0 spiro atoms. The number of aromatic hydroxyl groups is 1.